The van der Waals surface area contributed by atoms with Crippen molar-refractivity contribution in [3.05, 3.63) is 59.7 Å². The van der Waals surface area contributed by atoms with E-state index in [0.717, 1.165) is 25.7 Å². The summed E-state index contributed by atoms with van der Waals surface area (Å²) in [4.78, 5) is 0. The largest absolute Gasteiger partial charge is 0.573 e. The van der Waals surface area contributed by atoms with Gasteiger partial charge >= 0.3 is 6.36 Å². The number of benzene rings is 2. The van der Waals surface area contributed by atoms with E-state index in [2.05, 4.69) is 39.6 Å². The van der Waals surface area contributed by atoms with Crippen LogP contribution in [0.15, 0.2) is 48.5 Å². The first-order chi connectivity index (χ1) is 14.3. The molecule has 2 aromatic rings. The van der Waals surface area contributed by atoms with Gasteiger partial charge in [0.25, 0.3) is 0 Å². The Bertz CT molecular complexity index is 874. The van der Waals surface area contributed by atoms with Gasteiger partial charge in [0.1, 0.15) is 11.5 Å². The van der Waals surface area contributed by atoms with Gasteiger partial charge in [0, 0.05) is 23.7 Å². The van der Waals surface area contributed by atoms with E-state index in [4.69, 9.17) is 4.74 Å². The molecule has 2 aromatic carbocycles. The van der Waals surface area contributed by atoms with Gasteiger partial charge < -0.3 is 20.1 Å². The standard InChI is InChI=1S/C23H27F3N2O2/c1-15(19-14-18(30-23(24,25)26)9-10-20(19)29-2)27-21-11-8-17-12-13-22(21,28-17)16-6-4-3-5-7-16/h3-7,9-10,14-15,17,21,27-28H,8,11-13H2,1-2H3/t15?,17-,21+,22+/m0/s1. The van der Waals surface area contributed by atoms with Crippen LogP contribution in [0, 0.1) is 0 Å². The molecule has 4 atom stereocenters. The van der Waals surface area contributed by atoms with Crippen LogP contribution in [0.4, 0.5) is 13.2 Å². The van der Waals surface area contributed by atoms with Crippen LogP contribution < -0.4 is 20.1 Å². The second kappa shape index (κ2) is 8.12. The third-order valence-corrected chi connectivity index (χ3v) is 6.39. The zero-order chi connectivity index (χ0) is 21.4. The molecule has 0 aliphatic carbocycles. The fourth-order valence-electron chi connectivity index (χ4n) is 5.05. The van der Waals surface area contributed by atoms with Gasteiger partial charge in [-0.05, 0) is 56.4 Å². The summed E-state index contributed by atoms with van der Waals surface area (Å²) in [6.07, 6.45) is -0.503. The molecule has 0 radical (unpaired) electrons. The number of ether oxygens (including phenoxy) is 2. The predicted octanol–water partition coefficient (Wildman–Crippen LogP) is 5.05. The summed E-state index contributed by atoms with van der Waals surface area (Å²) < 4.78 is 47.6. The Morgan fingerprint density at radius 1 is 1.10 bits per heavy atom. The number of piperidine rings is 1. The molecule has 4 nitrogen and oxygen atoms in total. The van der Waals surface area contributed by atoms with Crippen LogP contribution in [-0.4, -0.2) is 25.6 Å². The van der Waals surface area contributed by atoms with Crippen LogP contribution in [0.1, 0.15) is 49.8 Å². The van der Waals surface area contributed by atoms with Gasteiger partial charge in [-0.25, -0.2) is 0 Å². The van der Waals surface area contributed by atoms with Crippen LogP contribution in [0.5, 0.6) is 11.5 Å². The van der Waals surface area contributed by atoms with E-state index >= 15 is 0 Å². The Morgan fingerprint density at radius 3 is 2.57 bits per heavy atom. The molecule has 2 N–H and O–H groups in total. The lowest BCUT2D eigenvalue weighted by Gasteiger charge is -2.44. The number of fused-ring (bicyclic) bond motifs is 2. The van der Waals surface area contributed by atoms with Gasteiger partial charge in [-0.15, -0.1) is 13.2 Å². The summed E-state index contributed by atoms with van der Waals surface area (Å²) in [6, 6.07) is 15.1. The minimum absolute atomic E-state index is 0.144. The highest BCUT2D eigenvalue weighted by Crippen LogP contribution is 2.44. The second-order valence-corrected chi connectivity index (χ2v) is 8.19. The SMILES string of the molecule is COc1ccc(OC(F)(F)F)cc1C(C)N[C@@H]1CC[C@H]2CC[C@]1(c1ccccc1)N2. The first-order valence-electron chi connectivity index (χ1n) is 10.3. The van der Waals surface area contributed by atoms with E-state index in [1.165, 1.54) is 30.9 Å². The van der Waals surface area contributed by atoms with Crippen molar-refractivity contribution in [3.8, 4) is 11.5 Å². The lowest BCUT2D eigenvalue weighted by molar-refractivity contribution is -0.274. The molecule has 0 aromatic heterocycles. The predicted molar refractivity (Wildman–Crippen MR) is 109 cm³/mol. The number of alkyl halides is 3. The van der Waals surface area contributed by atoms with Crippen molar-refractivity contribution in [3.63, 3.8) is 0 Å². The number of rotatable bonds is 6. The molecule has 2 bridgehead atoms. The van der Waals surface area contributed by atoms with Gasteiger partial charge in [0.15, 0.2) is 0 Å². The van der Waals surface area contributed by atoms with Gasteiger partial charge in [0.2, 0.25) is 0 Å². The van der Waals surface area contributed by atoms with E-state index in [1.54, 1.807) is 0 Å². The molecule has 162 valence electrons. The molecule has 2 heterocycles. The summed E-state index contributed by atoms with van der Waals surface area (Å²) in [6.45, 7) is 1.95. The molecule has 2 fully saturated rings. The molecule has 1 unspecified atom stereocenters. The normalized spacial score (nSPS) is 27.0. The van der Waals surface area contributed by atoms with Gasteiger partial charge in [-0.2, -0.15) is 0 Å². The van der Waals surface area contributed by atoms with Gasteiger partial charge in [-0.1, -0.05) is 30.3 Å². The monoisotopic (exact) mass is 420 g/mol. The quantitative estimate of drug-likeness (QED) is 0.686. The van der Waals surface area contributed by atoms with Crippen LogP contribution >= 0.6 is 0 Å². The first kappa shape index (κ1) is 21.0. The van der Waals surface area contributed by atoms with Gasteiger partial charge in [0.05, 0.1) is 12.6 Å². The van der Waals surface area contributed by atoms with Crippen molar-refractivity contribution in [2.45, 2.75) is 62.6 Å². The summed E-state index contributed by atoms with van der Waals surface area (Å²) in [5.41, 5.74) is 1.71. The van der Waals surface area contributed by atoms with E-state index in [-0.39, 0.29) is 23.4 Å². The average molecular weight is 420 g/mol. The third-order valence-electron chi connectivity index (χ3n) is 6.39. The van der Waals surface area contributed by atoms with Crippen LogP contribution in [0.3, 0.4) is 0 Å². The highest BCUT2D eigenvalue weighted by molar-refractivity contribution is 5.42. The molecule has 0 saturated carbocycles. The number of hydrogen-bond donors (Lipinski definition) is 2. The fraction of sp³-hybridized carbons (Fsp3) is 0.478. The smallest absolute Gasteiger partial charge is 0.496 e. The molecule has 0 amide bonds. The molecule has 7 heteroatoms. The Balaban J connectivity index is 1.61. The number of nitrogens with one attached hydrogen (secondary N) is 2. The lowest BCUT2D eigenvalue weighted by atomic mass is 9.78. The molecule has 30 heavy (non-hydrogen) atoms. The summed E-state index contributed by atoms with van der Waals surface area (Å²) in [5.74, 6) is 0.291. The Labute approximate surface area is 174 Å². The highest BCUT2D eigenvalue weighted by atomic mass is 19.4. The number of methoxy groups -OCH3 is 1. The van der Waals surface area contributed by atoms with E-state index < -0.39 is 6.36 Å². The van der Waals surface area contributed by atoms with Crippen molar-refractivity contribution in [1.82, 2.24) is 10.6 Å². The van der Waals surface area contributed by atoms with Crippen molar-refractivity contribution >= 4 is 0 Å². The Hall–Kier alpha value is -2.25. The molecule has 4 rings (SSSR count). The summed E-state index contributed by atoms with van der Waals surface area (Å²) in [7, 11) is 1.52. The fourth-order valence-corrected chi connectivity index (χ4v) is 5.05. The Kier molecular flexibility index (Phi) is 5.68. The van der Waals surface area contributed by atoms with E-state index in [9.17, 15) is 13.2 Å². The summed E-state index contributed by atoms with van der Waals surface area (Å²) in [5, 5.41) is 7.52. The highest BCUT2D eigenvalue weighted by Gasteiger charge is 2.49. The molecular weight excluding hydrogens is 393 g/mol. The maximum Gasteiger partial charge on any atom is 0.573 e. The Morgan fingerprint density at radius 2 is 1.87 bits per heavy atom. The third kappa shape index (κ3) is 4.14. The first-order valence-corrected chi connectivity index (χ1v) is 10.3. The minimum atomic E-state index is -4.73. The van der Waals surface area contributed by atoms with Crippen LogP contribution in [0.2, 0.25) is 0 Å². The molecular formula is C23H27F3N2O2. The molecule has 0 spiro atoms. The molecule has 2 aliphatic heterocycles. The molecule has 2 saturated heterocycles. The summed E-state index contributed by atoms with van der Waals surface area (Å²) >= 11 is 0. The average Bonchev–Trinajstić information content (AvgIpc) is 3.08. The zero-order valence-electron chi connectivity index (χ0n) is 17.1. The van der Waals surface area contributed by atoms with Gasteiger partial charge in [-0.3, -0.25) is 0 Å². The van der Waals surface area contributed by atoms with Crippen molar-refractivity contribution in [2.24, 2.45) is 0 Å². The van der Waals surface area contributed by atoms with Crippen LogP contribution in [-0.2, 0) is 5.54 Å². The minimum Gasteiger partial charge on any atom is -0.496 e. The van der Waals surface area contributed by atoms with Crippen molar-refractivity contribution in [2.75, 3.05) is 7.11 Å². The number of hydrogen-bond acceptors (Lipinski definition) is 4. The molecule has 2 aliphatic rings. The topological polar surface area (TPSA) is 42.5 Å². The lowest BCUT2D eigenvalue weighted by Crippen LogP contribution is -2.59. The van der Waals surface area contributed by atoms with Crippen molar-refractivity contribution < 1.29 is 22.6 Å². The van der Waals surface area contributed by atoms with E-state index in [0.29, 0.717) is 17.4 Å². The zero-order valence-corrected chi connectivity index (χ0v) is 17.1. The van der Waals surface area contributed by atoms with Crippen LogP contribution in [0.25, 0.3) is 0 Å². The maximum atomic E-state index is 12.7. The van der Waals surface area contributed by atoms with E-state index in [1.807, 2.05) is 13.0 Å². The number of halogens is 3. The maximum absolute atomic E-state index is 12.7. The second-order valence-electron chi connectivity index (χ2n) is 8.19. The van der Waals surface area contributed by atoms with Crippen molar-refractivity contribution in [1.29, 1.82) is 0 Å².